The van der Waals surface area contributed by atoms with Gasteiger partial charge >= 0.3 is 0 Å². The Morgan fingerprint density at radius 2 is 1.84 bits per heavy atom. The van der Waals surface area contributed by atoms with Crippen molar-refractivity contribution in [2.24, 2.45) is 5.73 Å². The van der Waals surface area contributed by atoms with Gasteiger partial charge in [-0.3, -0.25) is 9.59 Å². The lowest BCUT2D eigenvalue weighted by atomic mass is 10.1. The van der Waals surface area contributed by atoms with Gasteiger partial charge in [0, 0.05) is 6.54 Å². The maximum Gasteiger partial charge on any atom is 0.241 e. The highest BCUT2D eigenvalue weighted by molar-refractivity contribution is 5.88. The molecule has 0 aromatic heterocycles. The summed E-state index contributed by atoms with van der Waals surface area (Å²) in [6, 6.07) is 8.30. The monoisotopic (exact) mass is 285 g/mol. The molecule has 0 bridgehead atoms. The molecule has 1 unspecified atom stereocenters. The summed E-state index contributed by atoms with van der Waals surface area (Å²) in [4.78, 5) is 23.0. The van der Waals surface area contributed by atoms with E-state index in [2.05, 4.69) is 10.6 Å². The Balaban J connectivity index is 0.00000324. The maximum absolute atomic E-state index is 11.7. The number of nitrogens with two attached hydrogens (primary N) is 1. The Hall–Kier alpha value is -1.59. The van der Waals surface area contributed by atoms with Crippen LogP contribution >= 0.6 is 12.4 Å². The quantitative estimate of drug-likeness (QED) is 0.721. The highest BCUT2D eigenvalue weighted by Gasteiger charge is 2.15. The van der Waals surface area contributed by atoms with Crippen LogP contribution in [-0.2, 0) is 9.59 Å². The lowest BCUT2D eigenvalue weighted by Gasteiger charge is -2.12. The van der Waals surface area contributed by atoms with Crippen LogP contribution in [0.4, 0.5) is 0 Å². The number of amides is 2. The van der Waals surface area contributed by atoms with Crippen LogP contribution in [0.15, 0.2) is 30.3 Å². The van der Waals surface area contributed by atoms with Gasteiger partial charge in [0.2, 0.25) is 11.8 Å². The summed E-state index contributed by atoms with van der Waals surface area (Å²) in [6.07, 6.45) is 0.864. The first kappa shape index (κ1) is 17.4. The molecule has 6 heteroatoms. The zero-order valence-corrected chi connectivity index (χ0v) is 11.7. The van der Waals surface area contributed by atoms with Crippen LogP contribution in [0, 0.1) is 0 Å². The van der Waals surface area contributed by atoms with E-state index >= 15 is 0 Å². The first-order valence-electron chi connectivity index (χ1n) is 6.00. The Labute approximate surface area is 119 Å². The van der Waals surface area contributed by atoms with Gasteiger partial charge in [-0.1, -0.05) is 37.3 Å². The van der Waals surface area contributed by atoms with Gasteiger partial charge in [-0.2, -0.15) is 0 Å². The normalized spacial score (nSPS) is 11.1. The van der Waals surface area contributed by atoms with Crippen LogP contribution in [0.2, 0.25) is 0 Å². The lowest BCUT2D eigenvalue weighted by Crippen LogP contribution is -2.41. The third kappa shape index (κ3) is 6.22. The van der Waals surface area contributed by atoms with Gasteiger partial charge in [0.05, 0.1) is 6.54 Å². The lowest BCUT2D eigenvalue weighted by molar-refractivity contribution is -0.126. The molecule has 1 rings (SSSR count). The van der Waals surface area contributed by atoms with Crippen molar-refractivity contribution in [3.8, 4) is 0 Å². The number of hydrogen-bond donors (Lipinski definition) is 3. The second-order valence-electron chi connectivity index (χ2n) is 3.96. The second kappa shape index (κ2) is 9.35. The molecule has 0 fully saturated rings. The van der Waals surface area contributed by atoms with Gasteiger partial charge in [0.1, 0.15) is 6.04 Å². The SMILES string of the molecule is CCCNC(=O)CNC(=O)C(N)c1ccccc1.Cl. The topological polar surface area (TPSA) is 84.2 Å². The average Bonchev–Trinajstić information content (AvgIpc) is 2.42. The Morgan fingerprint density at radius 3 is 2.42 bits per heavy atom. The first-order chi connectivity index (χ1) is 8.65. The van der Waals surface area contributed by atoms with Crippen LogP contribution < -0.4 is 16.4 Å². The second-order valence-corrected chi connectivity index (χ2v) is 3.96. The van der Waals surface area contributed by atoms with Gasteiger partial charge < -0.3 is 16.4 Å². The highest BCUT2D eigenvalue weighted by atomic mass is 35.5. The molecular weight excluding hydrogens is 266 g/mol. The van der Waals surface area contributed by atoms with E-state index in [4.69, 9.17) is 5.73 Å². The molecule has 1 aromatic carbocycles. The predicted octanol–water partition coefficient (Wildman–Crippen LogP) is 0.751. The summed E-state index contributed by atoms with van der Waals surface area (Å²) >= 11 is 0. The van der Waals surface area contributed by atoms with Crippen LogP contribution in [0.5, 0.6) is 0 Å². The molecule has 1 aromatic rings. The molecule has 2 amide bonds. The van der Waals surface area contributed by atoms with Crippen molar-refractivity contribution in [2.75, 3.05) is 13.1 Å². The molecule has 0 aliphatic rings. The molecule has 4 N–H and O–H groups in total. The maximum atomic E-state index is 11.7. The van der Waals surface area contributed by atoms with Gasteiger partial charge in [-0.25, -0.2) is 0 Å². The van der Waals surface area contributed by atoms with Crippen molar-refractivity contribution in [3.63, 3.8) is 0 Å². The fourth-order valence-corrected chi connectivity index (χ4v) is 1.42. The summed E-state index contributed by atoms with van der Waals surface area (Å²) in [5.74, 6) is -0.557. The number of hydrogen-bond acceptors (Lipinski definition) is 3. The third-order valence-electron chi connectivity index (χ3n) is 2.44. The molecular formula is C13H20ClN3O2. The molecule has 19 heavy (non-hydrogen) atoms. The molecule has 0 heterocycles. The van der Waals surface area contributed by atoms with E-state index in [0.717, 1.165) is 12.0 Å². The minimum Gasteiger partial charge on any atom is -0.355 e. The highest BCUT2D eigenvalue weighted by Crippen LogP contribution is 2.08. The van der Waals surface area contributed by atoms with E-state index in [9.17, 15) is 9.59 Å². The fraction of sp³-hybridized carbons (Fsp3) is 0.385. The Bertz CT molecular complexity index is 398. The smallest absolute Gasteiger partial charge is 0.241 e. The molecule has 0 aliphatic heterocycles. The van der Waals surface area contributed by atoms with Crippen molar-refractivity contribution in [1.29, 1.82) is 0 Å². The number of halogens is 1. The zero-order chi connectivity index (χ0) is 13.4. The average molecular weight is 286 g/mol. The molecule has 1 atom stereocenters. The van der Waals surface area contributed by atoms with E-state index < -0.39 is 6.04 Å². The Kier molecular flexibility index (Phi) is 8.57. The number of rotatable bonds is 6. The van der Waals surface area contributed by atoms with Crippen LogP contribution in [-0.4, -0.2) is 24.9 Å². The van der Waals surface area contributed by atoms with E-state index in [0.29, 0.717) is 6.54 Å². The molecule has 106 valence electrons. The minimum atomic E-state index is -0.745. The predicted molar refractivity (Wildman–Crippen MR) is 76.9 cm³/mol. The summed E-state index contributed by atoms with van der Waals surface area (Å²) < 4.78 is 0. The summed E-state index contributed by atoms with van der Waals surface area (Å²) in [5.41, 5.74) is 6.51. The summed E-state index contributed by atoms with van der Waals surface area (Å²) in [6.45, 7) is 2.53. The van der Waals surface area contributed by atoms with E-state index in [1.165, 1.54) is 0 Å². The summed E-state index contributed by atoms with van der Waals surface area (Å²) in [7, 11) is 0. The number of nitrogens with one attached hydrogen (secondary N) is 2. The van der Waals surface area contributed by atoms with Crippen molar-refractivity contribution in [3.05, 3.63) is 35.9 Å². The van der Waals surface area contributed by atoms with Crippen molar-refractivity contribution >= 4 is 24.2 Å². The molecule has 0 aliphatic carbocycles. The van der Waals surface area contributed by atoms with E-state index in [-0.39, 0.29) is 30.8 Å². The van der Waals surface area contributed by atoms with Gasteiger partial charge in [-0.15, -0.1) is 12.4 Å². The van der Waals surface area contributed by atoms with Crippen LogP contribution in [0.1, 0.15) is 24.9 Å². The Morgan fingerprint density at radius 1 is 1.21 bits per heavy atom. The summed E-state index contributed by atoms with van der Waals surface area (Å²) in [5, 5.41) is 5.19. The van der Waals surface area contributed by atoms with Gasteiger partial charge in [0.15, 0.2) is 0 Å². The van der Waals surface area contributed by atoms with Crippen molar-refractivity contribution in [1.82, 2.24) is 10.6 Å². The van der Waals surface area contributed by atoms with E-state index in [1.54, 1.807) is 12.1 Å². The zero-order valence-electron chi connectivity index (χ0n) is 10.9. The molecule has 0 radical (unpaired) electrons. The molecule has 0 saturated heterocycles. The minimum absolute atomic E-state index is 0. The van der Waals surface area contributed by atoms with Crippen LogP contribution in [0.25, 0.3) is 0 Å². The molecule has 5 nitrogen and oxygen atoms in total. The standard InChI is InChI=1S/C13H19N3O2.ClH/c1-2-8-15-11(17)9-16-13(18)12(14)10-6-4-3-5-7-10;/h3-7,12H,2,8-9,14H2,1H3,(H,15,17)(H,16,18);1H. The number of benzene rings is 1. The molecule has 0 saturated carbocycles. The first-order valence-corrected chi connectivity index (χ1v) is 6.00. The van der Waals surface area contributed by atoms with Crippen molar-refractivity contribution < 1.29 is 9.59 Å². The third-order valence-corrected chi connectivity index (χ3v) is 2.44. The molecule has 0 spiro atoms. The number of carbonyl (C=O) groups is 2. The number of carbonyl (C=O) groups excluding carboxylic acids is 2. The van der Waals surface area contributed by atoms with Gasteiger partial charge in [0.25, 0.3) is 0 Å². The van der Waals surface area contributed by atoms with Crippen LogP contribution in [0.3, 0.4) is 0 Å². The van der Waals surface area contributed by atoms with Crippen molar-refractivity contribution in [2.45, 2.75) is 19.4 Å². The largest absolute Gasteiger partial charge is 0.355 e. The van der Waals surface area contributed by atoms with Gasteiger partial charge in [-0.05, 0) is 12.0 Å². The van der Waals surface area contributed by atoms with E-state index in [1.807, 2.05) is 25.1 Å². The fourth-order valence-electron chi connectivity index (χ4n) is 1.42.